The van der Waals surface area contributed by atoms with Crippen LogP contribution >= 0.6 is 11.6 Å². The Morgan fingerprint density at radius 1 is 1.26 bits per heavy atom. The first-order valence-electron chi connectivity index (χ1n) is 7.15. The summed E-state index contributed by atoms with van der Waals surface area (Å²) in [5, 5.41) is 0.314. The molecule has 1 aromatic carbocycles. The van der Waals surface area contributed by atoms with Gasteiger partial charge in [-0.3, -0.25) is 0 Å². The summed E-state index contributed by atoms with van der Waals surface area (Å²) in [5.41, 5.74) is 0. The molecule has 0 N–H and O–H groups in total. The highest BCUT2D eigenvalue weighted by Crippen LogP contribution is 2.30. The standard InChI is InChI=1S/C14H19ClN2O5S/c1-3-22-14(18)16-6-8-17(9-7-16)23(19,20)13-10-11(15)4-5-12(13)21-2/h4-5,10H,3,6-9H2,1-2H3. The van der Waals surface area contributed by atoms with Crippen molar-refractivity contribution >= 4 is 27.7 Å². The van der Waals surface area contributed by atoms with Gasteiger partial charge < -0.3 is 14.4 Å². The maximum atomic E-state index is 12.8. The molecular weight excluding hydrogens is 344 g/mol. The quantitative estimate of drug-likeness (QED) is 0.816. The molecule has 9 heteroatoms. The van der Waals surface area contributed by atoms with E-state index >= 15 is 0 Å². The number of rotatable bonds is 4. The highest BCUT2D eigenvalue weighted by atomic mass is 35.5. The molecule has 1 fully saturated rings. The summed E-state index contributed by atoms with van der Waals surface area (Å²) >= 11 is 5.91. The molecule has 1 saturated heterocycles. The van der Waals surface area contributed by atoms with Crippen LogP contribution in [0.15, 0.2) is 23.1 Å². The lowest BCUT2D eigenvalue weighted by Crippen LogP contribution is -2.50. The fraction of sp³-hybridized carbons (Fsp3) is 0.500. The number of benzene rings is 1. The average molecular weight is 363 g/mol. The minimum Gasteiger partial charge on any atom is -0.495 e. The third-order valence-corrected chi connectivity index (χ3v) is 5.66. The van der Waals surface area contributed by atoms with Crippen molar-refractivity contribution < 1.29 is 22.7 Å². The minimum absolute atomic E-state index is 0.0251. The number of amides is 1. The first-order chi connectivity index (χ1) is 10.9. The van der Waals surface area contributed by atoms with E-state index in [2.05, 4.69) is 0 Å². The molecule has 1 heterocycles. The van der Waals surface area contributed by atoms with E-state index in [1.54, 1.807) is 13.0 Å². The highest BCUT2D eigenvalue weighted by Gasteiger charge is 2.32. The molecule has 0 saturated carbocycles. The summed E-state index contributed by atoms with van der Waals surface area (Å²) < 4.78 is 36.9. The second kappa shape index (κ2) is 7.37. The number of sulfonamides is 1. The third kappa shape index (κ3) is 3.88. The Hall–Kier alpha value is -1.51. The van der Waals surface area contributed by atoms with Crippen LogP contribution in [0.1, 0.15) is 6.92 Å². The van der Waals surface area contributed by atoms with E-state index < -0.39 is 16.1 Å². The summed E-state index contributed by atoms with van der Waals surface area (Å²) in [6.07, 6.45) is -0.426. The lowest BCUT2D eigenvalue weighted by Gasteiger charge is -2.33. The number of ether oxygens (including phenoxy) is 2. The lowest BCUT2D eigenvalue weighted by atomic mass is 10.3. The zero-order chi connectivity index (χ0) is 17.0. The van der Waals surface area contributed by atoms with Crippen molar-refractivity contribution in [3.8, 4) is 5.75 Å². The van der Waals surface area contributed by atoms with Gasteiger partial charge in [-0.15, -0.1) is 0 Å². The summed E-state index contributed by atoms with van der Waals surface area (Å²) in [7, 11) is -2.34. The molecule has 2 rings (SSSR count). The Morgan fingerprint density at radius 2 is 1.91 bits per heavy atom. The molecule has 0 unspecified atom stereocenters. The van der Waals surface area contributed by atoms with E-state index in [0.29, 0.717) is 5.02 Å². The van der Waals surface area contributed by atoms with Crippen LogP contribution < -0.4 is 4.74 Å². The Bertz CT molecular complexity index is 672. The fourth-order valence-electron chi connectivity index (χ4n) is 2.32. The van der Waals surface area contributed by atoms with Crippen molar-refractivity contribution in [2.75, 3.05) is 39.9 Å². The topological polar surface area (TPSA) is 76.2 Å². The predicted octanol–water partition coefficient (Wildman–Crippen LogP) is 1.81. The van der Waals surface area contributed by atoms with Crippen molar-refractivity contribution in [2.24, 2.45) is 0 Å². The van der Waals surface area contributed by atoms with Crippen LogP contribution in [-0.2, 0) is 14.8 Å². The Morgan fingerprint density at radius 3 is 2.48 bits per heavy atom. The van der Waals surface area contributed by atoms with Gasteiger partial charge in [-0.2, -0.15) is 4.31 Å². The maximum Gasteiger partial charge on any atom is 0.409 e. The second-order valence-electron chi connectivity index (χ2n) is 4.89. The molecule has 0 spiro atoms. The SMILES string of the molecule is CCOC(=O)N1CCN(S(=O)(=O)c2cc(Cl)ccc2OC)CC1. The molecule has 0 bridgehead atoms. The number of hydrogen-bond acceptors (Lipinski definition) is 5. The van der Waals surface area contributed by atoms with Gasteiger partial charge in [0.05, 0.1) is 13.7 Å². The molecule has 1 amide bonds. The molecule has 23 heavy (non-hydrogen) atoms. The van der Waals surface area contributed by atoms with Crippen LogP contribution in [0.5, 0.6) is 5.75 Å². The van der Waals surface area contributed by atoms with Gasteiger partial charge in [-0.25, -0.2) is 13.2 Å². The first kappa shape index (κ1) is 17.8. The molecule has 0 radical (unpaired) electrons. The zero-order valence-corrected chi connectivity index (χ0v) is 14.6. The van der Waals surface area contributed by atoms with E-state index in [9.17, 15) is 13.2 Å². The number of methoxy groups -OCH3 is 1. The number of halogens is 1. The van der Waals surface area contributed by atoms with Gasteiger partial charge in [0.25, 0.3) is 0 Å². The van der Waals surface area contributed by atoms with E-state index in [1.807, 2.05) is 0 Å². The molecule has 0 atom stereocenters. The Kier molecular flexibility index (Phi) is 5.72. The lowest BCUT2D eigenvalue weighted by molar-refractivity contribution is 0.0934. The monoisotopic (exact) mass is 362 g/mol. The molecular formula is C14H19ClN2O5S. The van der Waals surface area contributed by atoms with Crippen LogP contribution in [0.25, 0.3) is 0 Å². The van der Waals surface area contributed by atoms with Crippen LogP contribution in [0.4, 0.5) is 4.79 Å². The number of carbonyl (C=O) groups is 1. The summed E-state index contributed by atoms with van der Waals surface area (Å²) in [6.45, 7) is 2.95. The maximum absolute atomic E-state index is 12.8. The van der Waals surface area contributed by atoms with Crippen LogP contribution in [0.2, 0.25) is 5.02 Å². The van der Waals surface area contributed by atoms with Gasteiger partial charge in [-0.1, -0.05) is 11.6 Å². The van der Waals surface area contributed by atoms with E-state index in [4.69, 9.17) is 21.1 Å². The second-order valence-corrected chi connectivity index (χ2v) is 7.23. The molecule has 0 aliphatic carbocycles. The zero-order valence-electron chi connectivity index (χ0n) is 13.0. The van der Waals surface area contributed by atoms with Crippen molar-refractivity contribution in [3.05, 3.63) is 23.2 Å². The largest absolute Gasteiger partial charge is 0.495 e. The smallest absolute Gasteiger partial charge is 0.409 e. The van der Waals surface area contributed by atoms with Crippen LogP contribution in [-0.4, -0.2) is 63.6 Å². The van der Waals surface area contributed by atoms with Crippen LogP contribution in [0.3, 0.4) is 0 Å². The van der Waals surface area contributed by atoms with E-state index in [1.165, 1.54) is 28.4 Å². The Labute approximate surface area is 140 Å². The van der Waals surface area contributed by atoms with Gasteiger partial charge in [0.1, 0.15) is 10.6 Å². The molecule has 128 valence electrons. The van der Waals surface area contributed by atoms with Crippen LogP contribution in [0, 0.1) is 0 Å². The van der Waals surface area contributed by atoms with E-state index in [0.717, 1.165) is 0 Å². The fourth-order valence-corrected chi connectivity index (χ4v) is 4.16. The van der Waals surface area contributed by atoms with Gasteiger partial charge in [0, 0.05) is 31.2 Å². The number of nitrogens with zero attached hydrogens (tertiary/aromatic N) is 2. The average Bonchev–Trinajstić information content (AvgIpc) is 2.55. The van der Waals surface area contributed by atoms with Gasteiger partial charge >= 0.3 is 6.09 Å². The van der Waals surface area contributed by atoms with Gasteiger partial charge in [0.15, 0.2) is 0 Å². The number of hydrogen-bond donors (Lipinski definition) is 0. The molecule has 1 aliphatic heterocycles. The molecule has 1 aliphatic rings. The molecule has 0 aromatic heterocycles. The predicted molar refractivity (Wildman–Crippen MR) is 85.4 cm³/mol. The van der Waals surface area contributed by atoms with Crippen molar-refractivity contribution in [1.82, 2.24) is 9.21 Å². The number of piperazine rings is 1. The first-order valence-corrected chi connectivity index (χ1v) is 8.97. The summed E-state index contributed by atoms with van der Waals surface area (Å²) in [5.74, 6) is 0.238. The third-order valence-electron chi connectivity index (χ3n) is 3.51. The van der Waals surface area contributed by atoms with Crippen molar-refractivity contribution in [2.45, 2.75) is 11.8 Å². The molecule has 7 nitrogen and oxygen atoms in total. The molecule has 1 aromatic rings. The Balaban J connectivity index is 2.16. The number of carbonyl (C=O) groups excluding carboxylic acids is 1. The summed E-state index contributed by atoms with van der Waals surface area (Å²) in [6, 6.07) is 4.45. The van der Waals surface area contributed by atoms with E-state index in [-0.39, 0.29) is 43.4 Å². The highest BCUT2D eigenvalue weighted by molar-refractivity contribution is 7.89. The minimum atomic E-state index is -3.74. The van der Waals surface area contributed by atoms with Crippen molar-refractivity contribution in [3.63, 3.8) is 0 Å². The van der Waals surface area contributed by atoms with Gasteiger partial charge in [0.2, 0.25) is 10.0 Å². The van der Waals surface area contributed by atoms with Crippen molar-refractivity contribution in [1.29, 1.82) is 0 Å². The summed E-state index contributed by atoms with van der Waals surface area (Å²) in [4.78, 5) is 13.2. The van der Waals surface area contributed by atoms with Gasteiger partial charge in [-0.05, 0) is 25.1 Å². The normalized spacial score (nSPS) is 16.2.